The minimum absolute atomic E-state index is 0.0269. The van der Waals surface area contributed by atoms with Crippen molar-refractivity contribution in [1.82, 2.24) is 9.88 Å². The van der Waals surface area contributed by atoms with E-state index < -0.39 is 0 Å². The number of nitrogens with one attached hydrogen (secondary N) is 1. The summed E-state index contributed by atoms with van der Waals surface area (Å²) in [5.41, 5.74) is 1.29. The lowest BCUT2D eigenvalue weighted by molar-refractivity contribution is 0.0722. The van der Waals surface area contributed by atoms with E-state index in [-0.39, 0.29) is 12.5 Å². The van der Waals surface area contributed by atoms with Gasteiger partial charge in [-0.05, 0) is 12.5 Å². The highest BCUT2D eigenvalue weighted by Gasteiger charge is 2.17. The summed E-state index contributed by atoms with van der Waals surface area (Å²) in [4.78, 5) is 17.8. The Bertz CT molecular complexity index is 363. The van der Waals surface area contributed by atoms with Crippen LogP contribution in [0.25, 0.3) is 0 Å². The van der Waals surface area contributed by atoms with Gasteiger partial charge in [-0.1, -0.05) is 6.92 Å². The maximum atomic E-state index is 12.2. The average molecular weight is 237 g/mol. The molecule has 0 atom stereocenters. The van der Waals surface area contributed by atoms with Gasteiger partial charge in [0, 0.05) is 38.2 Å². The first-order chi connectivity index (χ1) is 8.24. The van der Waals surface area contributed by atoms with E-state index in [2.05, 4.69) is 10.3 Å². The lowest BCUT2D eigenvalue weighted by Crippen LogP contribution is -2.34. The van der Waals surface area contributed by atoms with Gasteiger partial charge in [-0.2, -0.15) is 0 Å². The van der Waals surface area contributed by atoms with Crippen LogP contribution in [-0.2, 0) is 0 Å². The van der Waals surface area contributed by atoms with Gasteiger partial charge in [0.15, 0.2) is 0 Å². The van der Waals surface area contributed by atoms with Crippen molar-refractivity contribution in [3.63, 3.8) is 0 Å². The quantitative estimate of drug-likeness (QED) is 0.773. The SMILES string of the molecule is CCCN(CCO)C(=O)c1cnccc1NC. The molecule has 0 aliphatic heterocycles. The molecule has 17 heavy (non-hydrogen) atoms. The Morgan fingerprint density at radius 1 is 1.53 bits per heavy atom. The molecule has 0 saturated heterocycles. The van der Waals surface area contributed by atoms with Gasteiger partial charge in [-0.15, -0.1) is 0 Å². The lowest BCUT2D eigenvalue weighted by atomic mass is 10.2. The molecule has 2 N–H and O–H groups in total. The van der Waals surface area contributed by atoms with Crippen LogP contribution in [0.4, 0.5) is 5.69 Å². The van der Waals surface area contributed by atoms with E-state index in [9.17, 15) is 4.79 Å². The van der Waals surface area contributed by atoms with Gasteiger partial charge in [-0.3, -0.25) is 9.78 Å². The smallest absolute Gasteiger partial charge is 0.257 e. The summed E-state index contributed by atoms with van der Waals surface area (Å²) >= 11 is 0. The largest absolute Gasteiger partial charge is 0.395 e. The van der Waals surface area contributed by atoms with Gasteiger partial charge in [0.2, 0.25) is 0 Å². The highest BCUT2D eigenvalue weighted by molar-refractivity contribution is 5.99. The van der Waals surface area contributed by atoms with E-state index in [0.29, 0.717) is 18.7 Å². The van der Waals surface area contributed by atoms with Crippen LogP contribution in [-0.4, -0.2) is 47.6 Å². The van der Waals surface area contributed by atoms with E-state index >= 15 is 0 Å². The minimum Gasteiger partial charge on any atom is -0.395 e. The Hall–Kier alpha value is -1.62. The molecule has 1 heterocycles. The molecular weight excluding hydrogens is 218 g/mol. The molecule has 0 spiro atoms. The second-order valence-corrected chi connectivity index (χ2v) is 3.69. The molecule has 1 amide bonds. The summed E-state index contributed by atoms with van der Waals surface area (Å²) in [6, 6.07) is 1.76. The van der Waals surface area contributed by atoms with Crippen molar-refractivity contribution in [2.75, 3.05) is 32.1 Å². The molecule has 0 unspecified atom stereocenters. The zero-order valence-electron chi connectivity index (χ0n) is 10.3. The molecule has 0 aromatic carbocycles. The van der Waals surface area contributed by atoms with Crippen LogP contribution in [0.15, 0.2) is 18.5 Å². The van der Waals surface area contributed by atoms with Gasteiger partial charge in [0.05, 0.1) is 12.2 Å². The number of rotatable bonds is 6. The summed E-state index contributed by atoms with van der Waals surface area (Å²) in [6.45, 7) is 2.96. The van der Waals surface area contributed by atoms with Crippen molar-refractivity contribution < 1.29 is 9.90 Å². The molecule has 0 fully saturated rings. The van der Waals surface area contributed by atoms with Crippen LogP contribution in [0.5, 0.6) is 0 Å². The number of amides is 1. The van der Waals surface area contributed by atoms with E-state index in [1.165, 1.54) is 0 Å². The highest BCUT2D eigenvalue weighted by atomic mass is 16.3. The number of aliphatic hydroxyl groups excluding tert-OH is 1. The topological polar surface area (TPSA) is 65.5 Å². The number of hydrogen-bond donors (Lipinski definition) is 2. The van der Waals surface area contributed by atoms with Crippen LogP contribution in [0.3, 0.4) is 0 Å². The van der Waals surface area contributed by atoms with Crippen molar-refractivity contribution in [1.29, 1.82) is 0 Å². The summed E-state index contributed by atoms with van der Waals surface area (Å²) < 4.78 is 0. The summed E-state index contributed by atoms with van der Waals surface area (Å²) in [6.07, 6.45) is 4.05. The van der Waals surface area contributed by atoms with Crippen molar-refractivity contribution >= 4 is 11.6 Å². The van der Waals surface area contributed by atoms with Crippen LogP contribution in [0.2, 0.25) is 0 Å². The summed E-state index contributed by atoms with van der Waals surface area (Å²) in [5.74, 6) is -0.0987. The van der Waals surface area contributed by atoms with Crippen LogP contribution in [0, 0.1) is 0 Å². The van der Waals surface area contributed by atoms with Gasteiger partial charge in [-0.25, -0.2) is 0 Å². The maximum absolute atomic E-state index is 12.2. The first-order valence-electron chi connectivity index (χ1n) is 5.76. The molecule has 1 aromatic heterocycles. The van der Waals surface area contributed by atoms with Crippen molar-refractivity contribution in [3.8, 4) is 0 Å². The zero-order chi connectivity index (χ0) is 12.7. The molecule has 0 aliphatic carbocycles. The second kappa shape index (κ2) is 6.85. The van der Waals surface area contributed by atoms with E-state index in [0.717, 1.165) is 12.1 Å². The van der Waals surface area contributed by atoms with Gasteiger partial charge < -0.3 is 15.3 Å². The fourth-order valence-corrected chi connectivity index (χ4v) is 1.66. The number of aromatic nitrogens is 1. The number of hydrogen-bond acceptors (Lipinski definition) is 4. The molecule has 0 bridgehead atoms. The van der Waals surface area contributed by atoms with Gasteiger partial charge >= 0.3 is 0 Å². The zero-order valence-corrected chi connectivity index (χ0v) is 10.3. The first kappa shape index (κ1) is 13.4. The predicted octanol–water partition coefficient (Wildman–Crippen LogP) is 0.968. The number of carbonyl (C=O) groups excluding carboxylic acids is 1. The predicted molar refractivity (Wildman–Crippen MR) is 67.1 cm³/mol. The number of pyridine rings is 1. The maximum Gasteiger partial charge on any atom is 0.257 e. The molecule has 5 heteroatoms. The lowest BCUT2D eigenvalue weighted by Gasteiger charge is -2.22. The third kappa shape index (κ3) is 3.42. The number of nitrogens with zero attached hydrogens (tertiary/aromatic N) is 2. The number of anilines is 1. The number of aliphatic hydroxyl groups is 1. The fourth-order valence-electron chi connectivity index (χ4n) is 1.66. The van der Waals surface area contributed by atoms with Gasteiger partial charge in [0.1, 0.15) is 0 Å². The molecule has 0 saturated carbocycles. The Morgan fingerprint density at radius 2 is 2.29 bits per heavy atom. The van der Waals surface area contributed by atoms with E-state index in [1.807, 2.05) is 6.92 Å². The normalized spacial score (nSPS) is 10.1. The third-order valence-corrected chi connectivity index (χ3v) is 2.47. The molecule has 1 rings (SSSR count). The molecule has 0 radical (unpaired) electrons. The van der Waals surface area contributed by atoms with Crippen molar-refractivity contribution in [3.05, 3.63) is 24.0 Å². The second-order valence-electron chi connectivity index (χ2n) is 3.69. The van der Waals surface area contributed by atoms with Gasteiger partial charge in [0.25, 0.3) is 5.91 Å². The monoisotopic (exact) mass is 237 g/mol. The number of carbonyl (C=O) groups is 1. The van der Waals surface area contributed by atoms with Crippen LogP contribution >= 0.6 is 0 Å². The Kier molecular flexibility index (Phi) is 5.42. The van der Waals surface area contributed by atoms with Crippen LogP contribution < -0.4 is 5.32 Å². The Labute approximate surface area is 101 Å². The Balaban J connectivity index is 2.92. The Morgan fingerprint density at radius 3 is 2.88 bits per heavy atom. The van der Waals surface area contributed by atoms with Crippen molar-refractivity contribution in [2.45, 2.75) is 13.3 Å². The van der Waals surface area contributed by atoms with Crippen LogP contribution in [0.1, 0.15) is 23.7 Å². The summed E-state index contributed by atoms with van der Waals surface area (Å²) in [5, 5.41) is 11.9. The first-order valence-corrected chi connectivity index (χ1v) is 5.76. The molecular formula is C12H19N3O2. The third-order valence-electron chi connectivity index (χ3n) is 2.47. The molecule has 0 aliphatic rings. The summed E-state index contributed by atoms with van der Waals surface area (Å²) in [7, 11) is 1.77. The van der Waals surface area contributed by atoms with E-state index in [4.69, 9.17) is 5.11 Å². The average Bonchev–Trinajstić information content (AvgIpc) is 2.37. The highest BCUT2D eigenvalue weighted by Crippen LogP contribution is 2.15. The van der Waals surface area contributed by atoms with Crippen molar-refractivity contribution in [2.24, 2.45) is 0 Å². The van der Waals surface area contributed by atoms with E-state index in [1.54, 1.807) is 30.4 Å². The molecule has 1 aromatic rings. The minimum atomic E-state index is -0.0987. The molecule has 5 nitrogen and oxygen atoms in total. The molecule has 94 valence electrons. The standard InChI is InChI=1S/C12H19N3O2/c1-3-6-15(7-8-16)12(17)10-9-14-5-4-11(10)13-2/h4-5,9,16H,3,6-8H2,1-2H3,(H,13,14). The fraction of sp³-hybridized carbons (Fsp3) is 0.500.